The number of rotatable bonds is 4. The van der Waals surface area contributed by atoms with Crippen molar-refractivity contribution in [1.29, 1.82) is 0 Å². The number of benzene rings is 1. The number of sulfonamides is 1. The van der Waals surface area contributed by atoms with Gasteiger partial charge in [-0.15, -0.1) is 0 Å². The summed E-state index contributed by atoms with van der Waals surface area (Å²) < 4.78 is 32.5. The highest BCUT2D eigenvalue weighted by Gasteiger charge is 2.29. The van der Waals surface area contributed by atoms with Gasteiger partial charge in [0.15, 0.2) is 0 Å². The molecular formula is C10H9ClN2O7S. The summed E-state index contributed by atoms with van der Waals surface area (Å²) in [6.07, 6.45) is -0.467. The highest BCUT2D eigenvalue weighted by atomic mass is 35.5. The number of nitro groups is 1. The molecule has 114 valence electrons. The third-order valence-electron chi connectivity index (χ3n) is 2.64. The molecule has 1 aliphatic heterocycles. The van der Waals surface area contributed by atoms with Gasteiger partial charge in [-0.25, -0.2) is 18.4 Å². The van der Waals surface area contributed by atoms with Gasteiger partial charge in [-0.1, -0.05) is 11.6 Å². The third kappa shape index (κ3) is 3.29. The van der Waals surface area contributed by atoms with Crippen LogP contribution in [0, 0.1) is 10.1 Å². The molecule has 1 saturated heterocycles. The van der Waals surface area contributed by atoms with E-state index in [0.717, 1.165) is 12.1 Å². The van der Waals surface area contributed by atoms with Gasteiger partial charge >= 0.3 is 5.97 Å². The first-order chi connectivity index (χ1) is 9.70. The second-order valence-corrected chi connectivity index (χ2v) is 6.08. The number of esters is 1. The molecule has 21 heavy (non-hydrogen) atoms. The molecule has 1 heterocycles. The Hall–Kier alpha value is -1.75. The van der Waals surface area contributed by atoms with Crippen molar-refractivity contribution in [2.75, 3.05) is 13.2 Å². The Kier molecular flexibility index (Phi) is 4.14. The molecule has 1 fully saturated rings. The number of ether oxygens (including phenoxy) is 2. The smallest absolute Gasteiger partial charge is 0.338 e. The van der Waals surface area contributed by atoms with E-state index < -0.39 is 42.6 Å². The van der Waals surface area contributed by atoms with Crippen LogP contribution >= 0.6 is 11.6 Å². The molecule has 1 aliphatic rings. The Balaban J connectivity index is 2.48. The van der Waals surface area contributed by atoms with Crippen molar-refractivity contribution in [3.05, 3.63) is 32.8 Å². The monoisotopic (exact) mass is 336 g/mol. The number of nitrogens with zero attached hydrogens (tertiary/aromatic N) is 1. The molecule has 1 aromatic rings. The second-order valence-electron chi connectivity index (χ2n) is 4.17. The third-order valence-corrected chi connectivity index (χ3v) is 4.08. The lowest BCUT2D eigenvalue weighted by Crippen LogP contribution is -2.37. The number of halogens is 1. The van der Waals surface area contributed by atoms with E-state index in [-0.39, 0.29) is 18.8 Å². The van der Waals surface area contributed by atoms with Crippen LogP contribution in [0.3, 0.4) is 0 Å². The van der Waals surface area contributed by atoms with E-state index in [2.05, 4.69) is 0 Å². The van der Waals surface area contributed by atoms with Crippen molar-refractivity contribution in [1.82, 2.24) is 0 Å². The standard InChI is InChI=1S/C10H9ClN2O7S/c11-9-7(13(15)16)1-5(2-8(9)21(12,17)18)10(14)20-6-3-19-4-6/h1-2,6H,3-4H2,(H2,12,17,18). The Morgan fingerprint density at radius 3 is 2.52 bits per heavy atom. The average molecular weight is 337 g/mol. The van der Waals surface area contributed by atoms with Crippen LogP contribution in [0.5, 0.6) is 0 Å². The predicted molar refractivity (Wildman–Crippen MR) is 69.5 cm³/mol. The molecule has 0 aromatic heterocycles. The molecule has 0 spiro atoms. The number of hydrogen-bond donors (Lipinski definition) is 1. The van der Waals surface area contributed by atoms with Crippen molar-refractivity contribution >= 4 is 33.3 Å². The number of carbonyl (C=O) groups excluding carboxylic acids is 1. The van der Waals surface area contributed by atoms with Gasteiger partial charge < -0.3 is 9.47 Å². The lowest BCUT2D eigenvalue weighted by molar-refractivity contribution is -0.384. The van der Waals surface area contributed by atoms with Crippen LogP contribution in [-0.4, -0.2) is 38.6 Å². The molecule has 0 atom stereocenters. The summed E-state index contributed by atoms with van der Waals surface area (Å²) in [7, 11) is -4.33. The topological polar surface area (TPSA) is 139 Å². The van der Waals surface area contributed by atoms with E-state index in [4.69, 9.17) is 26.2 Å². The molecule has 1 aromatic carbocycles. The molecule has 0 amide bonds. The Morgan fingerprint density at radius 2 is 2.10 bits per heavy atom. The van der Waals surface area contributed by atoms with Gasteiger partial charge in [-0.2, -0.15) is 0 Å². The van der Waals surface area contributed by atoms with E-state index in [9.17, 15) is 23.3 Å². The molecule has 0 aliphatic carbocycles. The first kappa shape index (κ1) is 15.6. The fourth-order valence-corrected chi connectivity index (χ4v) is 2.69. The zero-order valence-electron chi connectivity index (χ0n) is 10.3. The van der Waals surface area contributed by atoms with Gasteiger partial charge in [0.25, 0.3) is 5.69 Å². The van der Waals surface area contributed by atoms with Crippen LogP contribution in [0.25, 0.3) is 0 Å². The minimum atomic E-state index is -4.33. The molecule has 2 N–H and O–H groups in total. The molecule has 0 unspecified atom stereocenters. The van der Waals surface area contributed by atoms with Crippen LogP contribution in [0.4, 0.5) is 5.69 Å². The largest absolute Gasteiger partial charge is 0.454 e. The maximum absolute atomic E-state index is 11.8. The molecule has 0 saturated carbocycles. The minimum absolute atomic E-state index is 0.212. The number of nitrogens with two attached hydrogens (primary N) is 1. The van der Waals surface area contributed by atoms with Crippen LogP contribution in [0.1, 0.15) is 10.4 Å². The SMILES string of the molecule is NS(=O)(=O)c1cc(C(=O)OC2COC2)cc([N+](=O)[O-])c1Cl. The summed E-state index contributed by atoms with van der Waals surface area (Å²) in [4.78, 5) is 21.1. The highest BCUT2D eigenvalue weighted by molar-refractivity contribution is 7.89. The molecular weight excluding hydrogens is 328 g/mol. The number of nitro benzene ring substituents is 1. The van der Waals surface area contributed by atoms with Crippen LogP contribution in [0.2, 0.25) is 5.02 Å². The summed E-state index contributed by atoms with van der Waals surface area (Å²) in [6.45, 7) is 0.424. The fourth-order valence-electron chi connectivity index (χ4n) is 1.54. The van der Waals surface area contributed by atoms with E-state index in [1.165, 1.54) is 0 Å². The van der Waals surface area contributed by atoms with Crippen molar-refractivity contribution in [3.8, 4) is 0 Å². The molecule has 0 radical (unpaired) electrons. The first-order valence-corrected chi connectivity index (χ1v) is 7.42. The van der Waals surface area contributed by atoms with Gasteiger partial charge in [0.2, 0.25) is 10.0 Å². The van der Waals surface area contributed by atoms with Crippen molar-refractivity contribution < 1.29 is 27.6 Å². The molecule has 11 heteroatoms. The summed E-state index contributed by atoms with van der Waals surface area (Å²) in [6, 6.07) is 1.67. The zero-order chi connectivity index (χ0) is 15.8. The quantitative estimate of drug-likeness (QED) is 0.478. The maximum atomic E-state index is 11.8. The van der Waals surface area contributed by atoms with E-state index in [1.54, 1.807) is 0 Å². The van der Waals surface area contributed by atoms with Crippen molar-refractivity contribution in [2.24, 2.45) is 5.14 Å². The fraction of sp³-hybridized carbons (Fsp3) is 0.300. The van der Waals surface area contributed by atoms with Gasteiger partial charge in [0.05, 0.1) is 23.7 Å². The number of carbonyl (C=O) groups is 1. The molecule has 9 nitrogen and oxygen atoms in total. The van der Waals surface area contributed by atoms with E-state index in [1.807, 2.05) is 0 Å². The summed E-state index contributed by atoms with van der Waals surface area (Å²) >= 11 is 5.64. The lowest BCUT2D eigenvalue weighted by Gasteiger charge is -2.25. The molecule has 2 rings (SSSR count). The van der Waals surface area contributed by atoms with Crippen LogP contribution in [-0.2, 0) is 19.5 Å². The first-order valence-electron chi connectivity index (χ1n) is 5.49. The Labute approximate surface area is 123 Å². The summed E-state index contributed by atoms with van der Waals surface area (Å²) in [5.41, 5.74) is -1.08. The Bertz CT molecular complexity index is 714. The summed E-state index contributed by atoms with van der Waals surface area (Å²) in [5.74, 6) is -0.923. The van der Waals surface area contributed by atoms with E-state index in [0.29, 0.717) is 0 Å². The lowest BCUT2D eigenvalue weighted by atomic mass is 10.2. The minimum Gasteiger partial charge on any atom is -0.454 e. The average Bonchev–Trinajstić information content (AvgIpc) is 2.31. The van der Waals surface area contributed by atoms with Crippen molar-refractivity contribution in [3.63, 3.8) is 0 Å². The van der Waals surface area contributed by atoms with Gasteiger partial charge in [0.1, 0.15) is 16.0 Å². The van der Waals surface area contributed by atoms with Gasteiger partial charge in [0, 0.05) is 6.07 Å². The number of hydrogen-bond acceptors (Lipinski definition) is 7. The van der Waals surface area contributed by atoms with Crippen molar-refractivity contribution in [2.45, 2.75) is 11.0 Å². The van der Waals surface area contributed by atoms with Gasteiger partial charge in [-0.05, 0) is 6.07 Å². The normalized spacial score (nSPS) is 15.3. The Morgan fingerprint density at radius 1 is 1.48 bits per heavy atom. The highest BCUT2D eigenvalue weighted by Crippen LogP contribution is 2.32. The van der Waals surface area contributed by atoms with Crippen LogP contribution in [0.15, 0.2) is 17.0 Å². The molecule has 0 bridgehead atoms. The number of primary sulfonamides is 1. The van der Waals surface area contributed by atoms with Crippen LogP contribution < -0.4 is 5.14 Å². The van der Waals surface area contributed by atoms with E-state index >= 15 is 0 Å². The second kappa shape index (κ2) is 5.56. The maximum Gasteiger partial charge on any atom is 0.338 e. The van der Waals surface area contributed by atoms with Gasteiger partial charge in [-0.3, -0.25) is 10.1 Å². The summed E-state index contributed by atoms with van der Waals surface area (Å²) in [5, 5.41) is 15.1. The predicted octanol–water partition coefficient (Wildman–Crippen LogP) is 0.451. The zero-order valence-corrected chi connectivity index (χ0v) is 11.9.